The van der Waals surface area contributed by atoms with Gasteiger partial charge in [0.1, 0.15) is 12.4 Å². The predicted molar refractivity (Wildman–Crippen MR) is 91.5 cm³/mol. The van der Waals surface area contributed by atoms with E-state index in [1.165, 1.54) is 19.2 Å². The Labute approximate surface area is 143 Å². The Morgan fingerprint density at radius 1 is 1.12 bits per heavy atom. The maximum atomic E-state index is 13.1. The van der Waals surface area contributed by atoms with Crippen molar-refractivity contribution >= 4 is 22.8 Å². The molecule has 0 aliphatic heterocycles. The van der Waals surface area contributed by atoms with Crippen LogP contribution in [-0.4, -0.2) is 30.5 Å². The van der Waals surface area contributed by atoms with Gasteiger partial charge in [-0.15, -0.1) is 0 Å². The number of methoxy groups -OCH3 is 1. The van der Waals surface area contributed by atoms with Crippen molar-refractivity contribution in [2.45, 2.75) is 0 Å². The zero-order valence-corrected chi connectivity index (χ0v) is 13.5. The molecule has 0 aliphatic carbocycles. The number of pyridine rings is 1. The molecule has 0 unspecified atom stereocenters. The summed E-state index contributed by atoms with van der Waals surface area (Å²) in [6.45, 7) is -0.224. The van der Waals surface area contributed by atoms with Gasteiger partial charge < -0.3 is 10.1 Å². The van der Waals surface area contributed by atoms with Crippen molar-refractivity contribution in [3.8, 4) is 11.3 Å². The van der Waals surface area contributed by atoms with E-state index in [0.717, 1.165) is 0 Å². The molecular weight excluding hydrogens is 323 g/mol. The number of aromatic nitrogens is 1. The van der Waals surface area contributed by atoms with Gasteiger partial charge in [-0.1, -0.05) is 18.2 Å². The molecule has 0 radical (unpaired) electrons. The third kappa shape index (κ3) is 3.63. The molecule has 0 spiro atoms. The first kappa shape index (κ1) is 16.6. The number of nitrogens with one attached hydrogen (secondary N) is 1. The minimum atomic E-state index is -0.537. The molecule has 0 bridgehead atoms. The second kappa shape index (κ2) is 7.09. The minimum absolute atomic E-state index is 0.224. The van der Waals surface area contributed by atoms with Crippen molar-refractivity contribution in [2.24, 2.45) is 0 Å². The molecule has 0 aliphatic rings. The van der Waals surface area contributed by atoms with Crippen LogP contribution in [0, 0.1) is 5.82 Å². The summed E-state index contributed by atoms with van der Waals surface area (Å²) in [5.74, 6) is -1.29. The molecule has 0 atom stereocenters. The van der Waals surface area contributed by atoms with Crippen molar-refractivity contribution in [3.05, 3.63) is 66.0 Å². The summed E-state index contributed by atoms with van der Waals surface area (Å²) in [4.78, 5) is 28.3. The van der Waals surface area contributed by atoms with Gasteiger partial charge in [-0.25, -0.2) is 9.37 Å². The van der Waals surface area contributed by atoms with E-state index in [0.29, 0.717) is 27.7 Å². The summed E-state index contributed by atoms with van der Waals surface area (Å²) in [6, 6.07) is 14.7. The van der Waals surface area contributed by atoms with Crippen LogP contribution in [0.4, 0.5) is 4.39 Å². The third-order valence-corrected chi connectivity index (χ3v) is 3.72. The van der Waals surface area contributed by atoms with Gasteiger partial charge in [0.05, 0.1) is 23.9 Å². The van der Waals surface area contributed by atoms with Crippen LogP contribution in [0.3, 0.4) is 0 Å². The number of nitrogens with zero attached hydrogens (tertiary/aromatic N) is 1. The lowest BCUT2D eigenvalue weighted by Crippen LogP contribution is -2.30. The maximum Gasteiger partial charge on any atom is 0.325 e. The van der Waals surface area contributed by atoms with E-state index >= 15 is 0 Å². The first-order valence-corrected chi connectivity index (χ1v) is 7.59. The van der Waals surface area contributed by atoms with Gasteiger partial charge in [0.2, 0.25) is 0 Å². The molecule has 3 aromatic rings. The molecule has 2 aromatic carbocycles. The number of carbonyl (C=O) groups excluding carboxylic acids is 2. The quantitative estimate of drug-likeness (QED) is 0.743. The number of fused-ring (bicyclic) bond motifs is 1. The van der Waals surface area contributed by atoms with Crippen LogP contribution in [0.1, 0.15) is 10.4 Å². The lowest BCUT2D eigenvalue weighted by atomic mass is 10.0. The van der Waals surface area contributed by atoms with Crippen molar-refractivity contribution < 1.29 is 18.7 Å². The van der Waals surface area contributed by atoms with E-state index in [1.807, 2.05) is 6.07 Å². The van der Waals surface area contributed by atoms with Crippen molar-refractivity contribution in [2.75, 3.05) is 13.7 Å². The Kier molecular flexibility index (Phi) is 4.70. The first-order valence-electron chi connectivity index (χ1n) is 7.59. The topological polar surface area (TPSA) is 68.3 Å². The number of hydrogen-bond donors (Lipinski definition) is 1. The number of para-hydroxylation sites is 1. The van der Waals surface area contributed by atoms with E-state index in [1.54, 1.807) is 36.4 Å². The van der Waals surface area contributed by atoms with Gasteiger partial charge in [-0.05, 0) is 36.4 Å². The number of amides is 1. The molecule has 1 N–H and O–H groups in total. The van der Waals surface area contributed by atoms with E-state index in [9.17, 15) is 14.0 Å². The lowest BCUT2D eigenvalue weighted by molar-refractivity contribution is -0.139. The highest BCUT2D eigenvalue weighted by atomic mass is 19.1. The smallest absolute Gasteiger partial charge is 0.325 e. The van der Waals surface area contributed by atoms with Crippen LogP contribution < -0.4 is 5.32 Å². The highest BCUT2D eigenvalue weighted by molar-refractivity contribution is 6.07. The fourth-order valence-corrected chi connectivity index (χ4v) is 2.45. The van der Waals surface area contributed by atoms with Crippen molar-refractivity contribution in [3.63, 3.8) is 0 Å². The molecule has 0 fully saturated rings. The Balaban J connectivity index is 2.05. The Bertz CT molecular complexity index is 939. The number of esters is 1. The molecule has 0 saturated carbocycles. The number of hydrogen-bond acceptors (Lipinski definition) is 4. The van der Waals surface area contributed by atoms with Gasteiger partial charge in [0.15, 0.2) is 0 Å². The van der Waals surface area contributed by atoms with Gasteiger partial charge in [-0.2, -0.15) is 0 Å². The maximum absolute atomic E-state index is 13.1. The van der Waals surface area contributed by atoms with Crippen molar-refractivity contribution in [1.29, 1.82) is 0 Å². The summed E-state index contributed by atoms with van der Waals surface area (Å²) in [5.41, 5.74) is 2.25. The fourth-order valence-electron chi connectivity index (χ4n) is 2.45. The Morgan fingerprint density at radius 3 is 2.56 bits per heavy atom. The average molecular weight is 338 g/mol. The molecule has 25 heavy (non-hydrogen) atoms. The van der Waals surface area contributed by atoms with Crippen LogP contribution >= 0.6 is 0 Å². The highest BCUT2D eigenvalue weighted by Gasteiger charge is 2.15. The van der Waals surface area contributed by atoms with Gasteiger partial charge in [0, 0.05) is 10.9 Å². The summed E-state index contributed by atoms with van der Waals surface area (Å²) >= 11 is 0. The normalized spacial score (nSPS) is 10.5. The van der Waals surface area contributed by atoms with E-state index in [4.69, 9.17) is 0 Å². The average Bonchev–Trinajstić information content (AvgIpc) is 2.65. The minimum Gasteiger partial charge on any atom is -0.468 e. The highest BCUT2D eigenvalue weighted by Crippen LogP contribution is 2.25. The third-order valence-electron chi connectivity index (χ3n) is 3.72. The zero-order valence-electron chi connectivity index (χ0n) is 13.5. The van der Waals surface area contributed by atoms with Gasteiger partial charge in [-0.3, -0.25) is 9.59 Å². The van der Waals surface area contributed by atoms with Gasteiger partial charge >= 0.3 is 5.97 Å². The van der Waals surface area contributed by atoms with Crippen LogP contribution in [0.25, 0.3) is 22.2 Å². The largest absolute Gasteiger partial charge is 0.468 e. The van der Waals surface area contributed by atoms with Gasteiger partial charge in [0.25, 0.3) is 5.91 Å². The molecule has 6 heteroatoms. The molecular formula is C19H15FN2O3. The molecule has 3 rings (SSSR count). The molecule has 0 saturated heterocycles. The number of benzene rings is 2. The number of rotatable bonds is 4. The lowest BCUT2D eigenvalue weighted by Gasteiger charge is -2.10. The summed E-state index contributed by atoms with van der Waals surface area (Å²) in [6.07, 6.45) is 0. The van der Waals surface area contributed by atoms with Crippen LogP contribution in [0.15, 0.2) is 54.6 Å². The number of carbonyl (C=O) groups is 2. The first-order chi connectivity index (χ1) is 12.1. The van der Waals surface area contributed by atoms with E-state index < -0.39 is 11.9 Å². The van der Waals surface area contributed by atoms with Crippen LogP contribution in [-0.2, 0) is 9.53 Å². The van der Waals surface area contributed by atoms with Crippen LogP contribution in [0.5, 0.6) is 0 Å². The SMILES string of the molecule is COC(=O)CNC(=O)c1cc(-c2ccc(F)cc2)nc2ccccc12. The fraction of sp³-hybridized carbons (Fsp3) is 0.105. The summed E-state index contributed by atoms with van der Waals surface area (Å²) in [7, 11) is 1.25. The molecule has 1 heterocycles. The second-order valence-electron chi connectivity index (χ2n) is 5.34. The second-order valence-corrected chi connectivity index (χ2v) is 5.34. The molecule has 126 valence electrons. The Hall–Kier alpha value is -3.28. The molecule has 5 nitrogen and oxygen atoms in total. The van der Waals surface area contributed by atoms with Crippen LogP contribution in [0.2, 0.25) is 0 Å². The van der Waals surface area contributed by atoms with E-state index in [-0.39, 0.29) is 12.4 Å². The molecule has 1 aromatic heterocycles. The van der Waals surface area contributed by atoms with E-state index in [2.05, 4.69) is 15.0 Å². The molecule has 1 amide bonds. The summed E-state index contributed by atoms with van der Waals surface area (Å²) in [5, 5.41) is 3.19. The summed E-state index contributed by atoms with van der Waals surface area (Å²) < 4.78 is 17.7. The number of ether oxygens (including phenoxy) is 1. The zero-order chi connectivity index (χ0) is 17.8. The van der Waals surface area contributed by atoms with Crippen molar-refractivity contribution in [1.82, 2.24) is 10.3 Å². The monoisotopic (exact) mass is 338 g/mol. The standard InChI is InChI=1S/C19H15FN2O3/c1-25-18(23)11-21-19(24)15-10-17(12-6-8-13(20)9-7-12)22-16-5-3-2-4-14(15)16/h2-10H,11H2,1H3,(H,21,24). The Morgan fingerprint density at radius 2 is 1.84 bits per heavy atom. The predicted octanol–water partition coefficient (Wildman–Crippen LogP) is 2.94. The number of halogens is 1.